The molecule has 1 fully saturated rings. The van der Waals surface area contributed by atoms with Gasteiger partial charge in [-0.25, -0.2) is 0 Å². The third kappa shape index (κ3) is 5.56. The highest BCUT2D eigenvalue weighted by Crippen LogP contribution is 1.97. The Kier molecular flexibility index (Phi) is 10.8. The van der Waals surface area contributed by atoms with Crippen LogP contribution in [0.1, 0.15) is 35.1 Å². The number of hydrogen-bond acceptors (Lipinski definition) is 2. The van der Waals surface area contributed by atoms with Gasteiger partial charge in [-0.05, 0) is 13.8 Å². The Balaban J connectivity index is 0. The Morgan fingerprint density at radius 1 is 1.08 bits per heavy atom. The van der Waals surface area contributed by atoms with Crippen molar-refractivity contribution in [2.75, 3.05) is 26.2 Å². The minimum atomic E-state index is 0. The maximum Gasteiger partial charge on any atom is 0.0110 e. The maximum atomic E-state index is 3.33. The summed E-state index contributed by atoms with van der Waals surface area (Å²) in [7, 11) is 0. The fourth-order valence-electron chi connectivity index (χ4n) is 1.20. The molecule has 0 aromatic heterocycles. The molecule has 0 spiro atoms. The highest BCUT2D eigenvalue weighted by molar-refractivity contribution is 4.69. The van der Waals surface area contributed by atoms with Crippen LogP contribution in [0.5, 0.6) is 0 Å². The van der Waals surface area contributed by atoms with Gasteiger partial charge < -0.3 is 5.32 Å². The van der Waals surface area contributed by atoms with Gasteiger partial charge in [0.2, 0.25) is 0 Å². The first kappa shape index (κ1) is 14.4. The monoisotopic (exact) mass is 174 g/mol. The van der Waals surface area contributed by atoms with Crippen molar-refractivity contribution in [3.05, 3.63) is 0 Å². The van der Waals surface area contributed by atoms with Crippen molar-refractivity contribution in [3.8, 4) is 0 Å². The van der Waals surface area contributed by atoms with Gasteiger partial charge in [0, 0.05) is 32.2 Å². The lowest BCUT2D eigenvalue weighted by Gasteiger charge is -2.30. The molecule has 1 heterocycles. The smallest absolute Gasteiger partial charge is 0.0110 e. The van der Waals surface area contributed by atoms with Crippen LogP contribution >= 0.6 is 0 Å². The molecule has 0 radical (unpaired) electrons. The number of nitrogens with zero attached hydrogens (tertiary/aromatic N) is 1. The van der Waals surface area contributed by atoms with Crippen LogP contribution in [0.25, 0.3) is 0 Å². The number of hydrogen-bond donors (Lipinski definition) is 1. The van der Waals surface area contributed by atoms with Gasteiger partial charge in [0.05, 0.1) is 0 Å². The molecule has 0 aromatic rings. The third-order valence-electron chi connectivity index (χ3n) is 1.88. The molecule has 1 saturated heterocycles. The summed E-state index contributed by atoms with van der Waals surface area (Å²) >= 11 is 0. The molecule has 1 N–H and O–H groups in total. The molecule has 2 nitrogen and oxygen atoms in total. The zero-order valence-corrected chi connectivity index (χ0v) is 8.35. The van der Waals surface area contributed by atoms with Crippen LogP contribution < -0.4 is 5.32 Å². The molecule has 0 atom stereocenters. The summed E-state index contributed by atoms with van der Waals surface area (Å²) in [4.78, 5) is 2.50. The van der Waals surface area contributed by atoms with E-state index in [2.05, 4.69) is 24.1 Å². The van der Waals surface area contributed by atoms with E-state index in [0.29, 0.717) is 0 Å². The maximum absolute atomic E-state index is 3.33. The van der Waals surface area contributed by atoms with Crippen molar-refractivity contribution in [1.29, 1.82) is 0 Å². The number of piperazine rings is 1. The summed E-state index contributed by atoms with van der Waals surface area (Å²) in [5, 5.41) is 3.33. The lowest BCUT2D eigenvalue weighted by Crippen LogP contribution is -2.46. The second-order valence-electron chi connectivity index (χ2n) is 2.88. The Hall–Kier alpha value is -0.0800. The quantitative estimate of drug-likeness (QED) is 0.654. The highest BCUT2D eigenvalue weighted by atomic mass is 15.2. The zero-order chi connectivity index (χ0) is 8.69. The van der Waals surface area contributed by atoms with Gasteiger partial charge in [-0.15, -0.1) is 0 Å². The summed E-state index contributed by atoms with van der Waals surface area (Å²) in [6.07, 6.45) is 0. The van der Waals surface area contributed by atoms with E-state index in [0.717, 1.165) is 19.1 Å². The van der Waals surface area contributed by atoms with Gasteiger partial charge in [-0.1, -0.05) is 21.3 Å². The Bertz CT molecular complexity index is 75.9. The zero-order valence-electron chi connectivity index (χ0n) is 8.35. The fraction of sp³-hybridized carbons (Fsp3) is 1.00. The normalized spacial score (nSPS) is 17.8. The summed E-state index contributed by atoms with van der Waals surface area (Å²) in [6.45, 7) is 13.3. The Labute approximate surface area is 78.3 Å². The fourth-order valence-corrected chi connectivity index (χ4v) is 1.20. The van der Waals surface area contributed by atoms with E-state index in [-0.39, 0.29) is 7.43 Å². The first-order chi connectivity index (χ1) is 5.30. The van der Waals surface area contributed by atoms with E-state index in [1.54, 1.807) is 0 Å². The van der Waals surface area contributed by atoms with Gasteiger partial charge in [0.15, 0.2) is 0 Å². The van der Waals surface area contributed by atoms with E-state index >= 15 is 0 Å². The molecule has 1 rings (SSSR count). The van der Waals surface area contributed by atoms with Crippen LogP contribution in [0.3, 0.4) is 0 Å². The number of nitrogens with one attached hydrogen (secondary N) is 1. The van der Waals surface area contributed by atoms with E-state index in [1.165, 1.54) is 13.1 Å². The first-order valence-corrected chi connectivity index (χ1v) is 4.75. The largest absolute Gasteiger partial charge is 0.314 e. The van der Waals surface area contributed by atoms with Crippen molar-refractivity contribution >= 4 is 0 Å². The van der Waals surface area contributed by atoms with Gasteiger partial charge in [0.1, 0.15) is 0 Å². The SMILES string of the molecule is C.CC.CC(C)N1CCNCC1. The summed E-state index contributed by atoms with van der Waals surface area (Å²) in [5.41, 5.74) is 0. The summed E-state index contributed by atoms with van der Waals surface area (Å²) in [5.74, 6) is 0. The molecule has 0 aromatic carbocycles. The topological polar surface area (TPSA) is 15.3 Å². The molecule has 1 aliphatic heterocycles. The van der Waals surface area contributed by atoms with Crippen LogP contribution in [0.2, 0.25) is 0 Å². The predicted molar refractivity (Wildman–Crippen MR) is 57.7 cm³/mol. The summed E-state index contributed by atoms with van der Waals surface area (Å²) < 4.78 is 0. The molecule has 0 saturated carbocycles. The lowest BCUT2D eigenvalue weighted by molar-refractivity contribution is 0.196. The van der Waals surface area contributed by atoms with Crippen molar-refractivity contribution in [2.24, 2.45) is 0 Å². The van der Waals surface area contributed by atoms with Crippen molar-refractivity contribution in [3.63, 3.8) is 0 Å². The van der Waals surface area contributed by atoms with Gasteiger partial charge in [0.25, 0.3) is 0 Å². The van der Waals surface area contributed by atoms with Crippen molar-refractivity contribution < 1.29 is 0 Å². The standard InChI is InChI=1S/C7H16N2.C2H6.CH4/c1-7(2)9-5-3-8-4-6-9;1-2;/h7-8H,3-6H2,1-2H3;1-2H3;1H4. The van der Waals surface area contributed by atoms with Crippen LogP contribution in [-0.4, -0.2) is 37.1 Å². The van der Waals surface area contributed by atoms with Crippen LogP contribution in [-0.2, 0) is 0 Å². The third-order valence-corrected chi connectivity index (χ3v) is 1.88. The van der Waals surface area contributed by atoms with Gasteiger partial charge in [-0.2, -0.15) is 0 Å². The van der Waals surface area contributed by atoms with Crippen LogP contribution in [0.15, 0.2) is 0 Å². The molecule has 0 unspecified atom stereocenters. The molecule has 0 aliphatic carbocycles. The van der Waals surface area contributed by atoms with E-state index in [4.69, 9.17) is 0 Å². The van der Waals surface area contributed by atoms with Crippen LogP contribution in [0, 0.1) is 0 Å². The second-order valence-corrected chi connectivity index (χ2v) is 2.88. The first-order valence-electron chi connectivity index (χ1n) is 4.75. The average Bonchev–Trinajstić information content (AvgIpc) is 2.10. The molecule has 2 heteroatoms. The molecule has 76 valence electrons. The van der Waals surface area contributed by atoms with Crippen molar-refractivity contribution in [1.82, 2.24) is 10.2 Å². The molecule has 0 amide bonds. The average molecular weight is 174 g/mol. The van der Waals surface area contributed by atoms with Crippen molar-refractivity contribution in [2.45, 2.75) is 41.2 Å². The molecular formula is C10H26N2. The van der Waals surface area contributed by atoms with Gasteiger partial charge in [-0.3, -0.25) is 4.90 Å². The lowest BCUT2D eigenvalue weighted by atomic mass is 10.3. The Morgan fingerprint density at radius 3 is 1.75 bits per heavy atom. The Morgan fingerprint density at radius 2 is 1.50 bits per heavy atom. The molecule has 0 bridgehead atoms. The highest BCUT2D eigenvalue weighted by Gasteiger charge is 2.11. The van der Waals surface area contributed by atoms with E-state index in [9.17, 15) is 0 Å². The second kappa shape index (κ2) is 9.01. The van der Waals surface area contributed by atoms with Crippen LogP contribution in [0.4, 0.5) is 0 Å². The van der Waals surface area contributed by atoms with E-state index in [1.807, 2.05) is 13.8 Å². The minimum Gasteiger partial charge on any atom is -0.314 e. The van der Waals surface area contributed by atoms with Gasteiger partial charge >= 0.3 is 0 Å². The predicted octanol–water partition coefficient (Wildman–Crippen LogP) is 1.96. The van der Waals surface area contributed by atoms with E-state index < -0.39 is 0 Å². The summed E-state index contributed by atoms with van der Waals surface area (Å²) in [6, 6.07) is 0.729. The molecular weight excluding hydrogens is 148 g/mol. The molecule has 12 heavy (non-hydrogen) atoms. The minimum absolute atomic E-state index is 0. The number of rotatable bonds is 1. The molecule has 1 aliphatic rings.